The first-order valence-electron chi connectivity index (χ1n) is 18.5. The van der Waals surface area contributed by atoms with Crippen LogP contribution in [-0.4, -0.2) is 22.5 Å². The Morgan fingerprint density at radius 1 is 0.473 bits per heavy atom. The highest BCUT2D eigenvalue weighted by molar-refractivity contribution is 6.38. The van der Waals surface area contributed by atoms with Crippen LogP contribution < -0.4 is 0 Å². The van der Waals surface area contributed by atoms with Crippen LogP contribution in [-0.2, 0) is 0 Å². The Bertz CT molecular complexity index is 3120. The predicted octanol–water partition coefficient (Wildman–Crippen LogP) is 12.8. The third-order valence-electron chi connectivity index (χ3n) is 10.5. The molecule has 1 N–H and O–H groups in total. The molecule has 4 nitrogen and oxygen atoms in total. The number of amidine groups is 2. The molecule has 55 heavy (non-hydrogen) atoms. The van der Waals surface area contributed by atoms with Gasteiger partial charge in [0.05, 0.1) is 11.0 Å². The van der Waals surface area contributed by atoms with E-state index in [-0.39, 0.29) is 5.84 Å². The summed E-state index contributed by atoms with van der Waals surface area (Å²) < 4.78 is 2.43. The molecule has 0 saturated heterocycles. The zero-order valence-corrected chi connectivity index (χ0v) is 29.9. The van der Waals surface area contributed by atoms with E-state index < -0.39 is 0 Å². The Labute approximate surface area is 318 Å². The number of aliphatic imine (C=N–C) groups is 2. The van der Waals surface area contributed by atoms with Crippen molar-refractivity contribution in [2.24, 2.45) is 9.98 Å². The maximum Gasteiger partial charge on any atom is 0.162 e. The molecule has 0 bridgehead atoms. The Hall–Kier alpha value is -7.43. The smallest absolute Gasteiger partial charge is 0.162 e. The maximum absolute atomic E-state index is 9.08. The van der Waals surface area contributed by atoms with Crippen molar-refractivity contribution in [1.82, 2.24) is 4.57 Å². The Morgan fingerprint density at radius 3 is 1.76 bits per heavy atom. The summed E-state index contributed by atoms with van der Waals surface area (Å²) in [6.07, 6.45) is 1.84. The SMILES string of the molecule is N=C(N=C(N=Cc1ccccc1)c1cc2c3ccccc3c3c(c4ccccc4n3-c3ccc(-c4ccccc4)cc3)c2c2ccccc12)c1ccccc1. The molecule has 0 fully saturated rings. The van der Waals surface area contributed by atoms with Gasteiger partial charge in [-0.15, -0.1) is 0 Å². The lowest BCUT2D eigenvalue weighted by Gasteiger charge is -2.16. The fourth-order valence-electron chi connectivity index (χ4n) is 8.02. The lowest BCUT2D eigenvalue weighted by molar-refractivity contribution is 1.19. The number of rotatable bonds is 5. The highest BCUT2D eigenvalue weighted by atomic mass is 15.0. The fraction of sp³-hybridized carbons (Fsp3) is 0. The molecular weight excluding hydrogens is 669 g/mol. The van der Waals surface area contributed by atoms with E-state index in [1.54, 1.807) is 0 Å². The fourth-order valence-corrected chi connectivity index (χ4v) is 8.02. The van der Waals surface area contributed by atoms with Crippen molar-refractivity contribution in [1.29, 1.82) is 5.41 Å². The first-order chi connectivity index (χ1) is 27.2. The molecule has 0 saturated carbocycles. The van der Waals surface area contributed by atoms with Gasteiger partial charge in [0.1, 0.15) is 0 Å². The zero-order chi connectivity index (χ0) is 36.7. The van der Waals surface area contributed by atoms with Crippen LogP contribution in [0.2, 0.25) is 0 Å². The maximum atomic E-state index is 9.08. The minimum Gasteiger partial charge on any atom is -0.309 e. The van der Waals surface area contributed by atoms with Crippen LogP contribution >= 0.6 is 0 Å². The van der Waals surface area contributed by atoms with E-state index in [1.165, 1.54) is 32.8 Å². The van der Waals surface area contributed by atoms with Gasteiger partial charge in [0, 0.05) is 44.6 Å². The number of nitrogens with one attached hydrogen (secondary N) is 1. The molecule has 0 atom stereocenters. The second-order valence-electron chi connectivity index (χ2n) is 13.7. The van der Waals surface area contributed by atoms with E-state index in [0.717, 1.165) is 54.8 Å². The van der Waals surface area contributed by atoms with Crippen LogP contribution in [0.5, 0.6) is 0 Å². The van der Waals surface area contributed by atoms with Crippen LogP contribution in [0.15, 0.2) is 204 Å². The van der Waals surface area contributed by atoms with Crippen LogP contribution in [0.1, 0.15) is 16.7 Å². The molecule has 9 aromatic carbocycles. The van der Waals surface area contributed by atoms with Gasteiger partial charge in [-0.1, -0.05) is 170 Å². The van der Waals surface area contributed by atoms with E-state index in [4.69, 9.17) is 15.4 Å². The van der Waals surface area contributed by atoms with E-state index in [1.807, 2.05) is 66.9 Å². The molecule has 1 heterocycles. The number of fused-ring (bicyclic) bond motifs is 10. The van der Waals surface area contributed by atoms with Crippen molar-refractivity contribution in [3.05, 3.63) is 211 Å². The average Bonchev–Trinajstić information content (AvgIpc) is 3.61. The van der Waals surface area contributed by atoms with Gasteiger partial charge in [-0.25, -0.2) is 9.98 Å². The Kier molecular flexibility index (Phi) is 7.93. The van der Waals surface area contributed by atoms with Crippen molar-refractivity contribution in [2.45, 2.75) is 0 Å². The van der Waals surface area contributed by atoms with Gasteiger partial charge < -0.3 is 4.57 Å². The van der Waals surface area contributed by atoms with E-state index in [0.29, 0.717) is 5.84 Å². The molecular formula is C51H34N4. The highest BCUT2D eigenvalue weighted by Gasteiger charge is 2.22. The van der Waals surface area contributed by atoms with E-state index in [9.17, 15) is 0 Å². The summed E-state index contributed by atoms with van der Waals surface area (Å²) in [5, 5.41) is 18.2. The summed E-state index contributed by atoms with van der Waals surface area (Å²) in [4.78, 5) is 9.98. The monoisotopic (exact) mass is 702 g/mol. The average molecular weight is 703 g/mol. The summed E-state index contributed by atoms with van der Waals surface area (Å²) >= 11 is 0. The van der Waals surface area contributed by atoms with Gasteiger partial charge in [-0.3, -0.25) is 5.41 Å². The van der Waals surface area contributed by atoms with Gasteiger partial charge >= 0.3 is 0 Å². The van der Waals surface area contributed by atoms with Crippen molar-refractivity contribution >= 4 is 72.0 Å². The molecule has 1 aromatic heterocycles. The quantitative estimate of drug-likeness (QED) is 0.105. The number of benzene rings is 9. The first-order valence-corrected chi connectivity index (χ1v) is 18.5. The van der Waals surface area contributed by atoms with Gasteiger partial charge in [0.25, 0.3) is 0 Å². The summed E-state index contributed by atoms with van der Waals surface area (Å²) in [7, 11) is 0. The van der Waals surface area contributed by atoms with Gasteiger partial charge in [-0.2, -0.15) is 0 Å². The van der Waals surface area contributed by atoms with Crippen LogP contribution in [0.25, 0.3) is 70.9 Å². The normalized spacial score (nSPS) is 12.1. The van der Waals surface area contributed by atoms with Gasteiger partial charge in [-0.05, 0) is 62.5 Å². The van der Waals surface area contributed by atoms with E-state index >= 15 is 0 Å². The summed E-state index contributed by atoms with van der Waals surface area (Å²) in [5.74, 6) is 0.646. The zero-order valence-electron chi connectivity index (χ0n) is 29.9. The third-order valence-corrected chi connectivity index (χ3v) is 10.5. The molecule has 258 valence electrons. The van der Waals surface area contributed by atoms with Crippen molar-refractivity contribution in [3.63, 3.8) is 0 Å². The summed E-state index contributed by atoms with van der Waals surface area (Å²) in [6, 6.07) is 67.5. The number of aromatic nitrogens is 1. The number of nitrogens with zero attached hydrogens (tertiary/aromatic N) is 3. The molecule has 0 unspecified atom stereocenters. The van der Waals surface area contributed by atoms with Crippen molar-refractivity contribution in [2.75, 3.05) is 0 Å². The number of hydrogen-bond acceptors (Lipinski definition) is 1. The minimum atomic E-state index is 0.159. The lowest BCUT2D eigenvalue weighted by Crippen LogP contribution is -2.06. The van der Waals surface area contributed by atoms with Crippen LogP contribution in [0.3, 0.4) is 0 Å². The largest absolute Gasteiger partial charge is 0.309 e. The van der Waals surface area contributed by atoms with Crippen molar-refractivity contribution < 1.29 is 0 Å². The molecule has 0 aliphatic carbocycles. The predicted molar refractivity (Wildman–Crippen MR) is 233 cm³/mol. The molecule has 0 aliphatic rings. The second kappa shape index (κ2) is 13.5. The van der Waals surface area contributed by atoms with Gasteiger partial charge in [0.15, 0.2) is 11.7 Å². The topological polar surface area (TPSA) is 53.5 Å². The Balaban J connectivity index is 1.29. The molecule has 10 rings (SSSR count). The third kappa shape index (κ3) is 5.60. The summed E-state index contributed by atoms with van der Waals surface area (Å²) in [6.45, 7) is 0. The lowest BCUT2D eigenvalue weighted by atomic mass is 9.90. The molecule has 4 heteroatoms. The minimum absolute atomic E-state index is 0.159. The summed E-state index contributed by atoms with van der Waals surface area (Å²) in [5.41, 5.74) is 8.40. The van der Waals surface area contributed by atoms with Crippen LogP contribution in [0.4, 0.5) is 0 Å². The number of para-hydroxylation sites is 1. The van der Waals surface area contributed by atoms with E-state index in [2.05, 4.69) is 138 Å². The molecule has 0 spiro atoms. The first kappa shape index (κ1) is 32.2. The highest BCUT2D eigenvalue weighted by Crippen LogP contribution is 2.45. The molecule has 0 amide bonds. The molecule has 10 aromatic rings. The second-order valence-corrected chi connectivity index (χ2v) is 13.7. The van der Waals surface area contributed by atoms with Gasteiger partial charge in [0.2, 0.25) is 0 Å². The number of hydrogen-bond donors (Lipinski definition) is 1. The van der Waals surface area contributed by atoms with Crippen LogP contribution in [0, 0.1) is 5.41 Å². The van der Waals surface area contributed by atoms with Crippen molar-refractivity contribution in [3.8, 4) is 16.8 Å². The molecule has 0 aliphatic heterocycles. The standard InChI is InChI=1S/C51H34N4/c52-50(37-20-8-3-9-21-37)54-51(53-33-34-16-4-1-5-17-34)45-32-44-40-23-11-13-25-42(40)49-48(47(44)41-24-12-10-22-39(41)45)43-26-14-15-27-46(43)55(49)38-30-28-36(29-31-38)35-18-6-2-7-19-35/h1-33,52H. The molecule has 0 radical (unpaired) electrons. The Morgan fingerprint density at radius 2 is 1.04 bits per heavy atom.